The first kappa shape index (κ1) is 12.5. The molecule has 8 heteroatoms. The number of morpholine rings is 1. The lowest BCUT2D eigenvalue weighted by atomic mass is 10.4. The molecule has 18 heavy (non-hydrogen) atoms. The maximum atomic E-state index is 11.9. The van der Waals surface area contributed by atoms with Crippen LogP contribution in [0, 0.1) is 0 Å². The highest BCUT2D eigenvalue weighted by Crippen LogP contribution is 2.02. The maximum Gasteiger partial charge on any atom is 0.244 e. The molecule has 98 valence electrons. The van der Waals surface area contributed by atoms with Gasteiger partial charge >= 0.3 is 0 Å². The molecule has 0 radical (unpaired) electrons. The van der Waals surface area contributed by atoms with Crippen molar-refractivity contribution in [3.8, 4) is 0 Å². The molecular weight excluding hydrogens is 238 g/mol. The lowest BCUT2D eigenvalue weighted by Crippen LogP contribution is -2.42. The number of hydrogen-bond acceptors (Lipinski definition) is 5. The van der Waals surface area contributed by atoms with E-state index >= 15 is 0 Å². The van der Waals surface area contributed by atoms with Gasteiger partial charge in [-0.2, -0.15) is 0 Å². The number of carbonyl (C=O) groups excluding carboxylic acids is 2. The molecule has 1 fully saturated rings. The Labute approximate surface area is 104 Å². The quantitative estimate of drug-likeness (QED) is 0.753. The smallest absolute Gasteiger partial charge is 0.244 e. The van der Waals surface area contributed by atoms with E-state index in [-0.39, 0.29) is 18.4 Å². The zero-order valence-electron chi connectivity index (χ0n) is 10.1. The highest BCUT2D eigenvalue weighted by Gasteiger charge is 2.17. The minimum absolute atomic E-state index is 0.0300. The number of aromatic nitrogens is 3. The predicted molar refractivity (Wildman–Crippen MR) is 61.7 cm³/mol. The number of amides is 2. The molecule has 0 spiro atoms. The molecule has 2 heterocycles. The monoisotopic (exact) mass is 253 g/mol. The summed E-state index contributed by atoms with van der Waals surface area (Å²) in [5.74, 6) is 0.0939. The molecule has 2 rings (SSSR count). The summed E-state index contributed by atoms with van der Waals surface area (Å²) >= 11 is 0. The number of ether oxygens (including phenoxy) is 1. The van der Waals surface area contributed by atoms with E-state index in [2.05, 4.69) is 15.6 Å². The van der Waals surface area contributed by atoms with E-state index in [9.17, 15) is 9.59 Å². The summed E-state index contributed by atoms with van der Waals surface area (Å²) in [4.78, 5) is 24.4. The third-order valence-corrected chi connectivity index (χ3v) is 2.50. The molecule has 1 N–H and O–H groups in total. The van der Waals surface area contributed by atoms with Gasteiger partial charge in [0, 0.05) is 20.0 Å². The third-order valence-electron chi connectivity index (χ3n) is 2.50. The Morgan fingerprint density at radius 3 is 2.83 bits per heavy atom. The summed E-state index contributed by atoms with van der Waals surface area (Å²) in [6.45, 7) is 3.85. The summed E-state index contributed by atoms with van der Waals surface area (Å²) in [5.41, 5.74) is 0. The number of anilines is 1. The van der Waals surface area contributed by atoms with E-state index < -0.39 is 0 Å². The molecule has 2 amide bonds. The first-order chi connectivity index (χ1) is 8.65. The Hall–Kier alpha value is -1.96. The van der Waals surface area contributed by atoms with Crippen molar-refractivity contribution in [3.63, 3.8) is 0 Å². The normalized spacial score (nSPS) is 15.5. The van der Waals surface area contributed by atoms with E-state index in [0.717, 1.165) is 0 Å². The fraction of sp³-hybridized carbons (Fsp3) is 0.600. The van der Waals surface area contributed by atoms with Gasteiger partial charge in [-0.3, -0.25) is 9.59 Å². The van der Waals surface area contributed by atoms with Crippen molar-refractivity contribution >= 4 is 17.6 Å². The molecular formula is C10H15N5O3. The van der Waals surface area contributed by atoms with Crippen LogP contribution in [0.4, 0.5) is 5.82 Å². The molecule has 1 aromatic rings. The van der Waals surface area contributed by atoms with Crippen molar-refractivity contribution < 1.29 is 14.3 Å². The minimum atomic E-state index is -0.221. The van der Waals surface area contributed by atoms with Gasteiger partial charge in [0.2, 0.25) is 11.8 Å². The van der Waals surface area contributed by atoms with Crippen LogP contribution in [-0.4, -0.2) is 58.0 Å². The van der Waals surface area contributed by atoms with Crippen LogP contribution in [0.2, 0.25) is 0 Å². The zero-order valence-corrected chi connectivity index (χ0v) is 10.1. The molecule has 1 aliphatic heterocycles. The van der Waals surface area contributed by atoms with Gasteiger partial charge < -0.3 is 15.0 Å². The Bertz CT molecular complexity index is 438. The average Bonchev–Trinajstić information content (AvgIpc) is 2.76. The Morgan fingerprint density at radius 1 is 1.44 bits per heavy atom. The van der Waals surface area contributed by atoms with Gasteiger partial charge in [-0.15, -0.1) is 5.10 Å². The molecule has 0 bridgehead atoms. The first-order valence-corrected chi connectivity index (χ1v) is 5.68. The van der Waals surface area contributed by atoms with Crippen LogP contribution in [0.1, 0.15) is 6.92 Å². The number of rotatable bonds is 3. The maximum absolute atomic E-state index is 11.9. The van der Waals surface area contributed by atoms with E-state index in [4.69, 9.17) is 4.74 Å². The molecule has 0 aromatic carbocycles. The molecule has 1 aromatic heterocycles. The van der Waals surface area contributed by atoms with Gasteiger partial charge in [-0.1, -0.05) is 5.21 Å². The molecule has 1 saturated heterocycles. The molecule has 8 nitrogen and oxygen atoms in total. The van der Waals surface area contributed by atoms with Crippen molar-refractivity contribution in [2.45, 2.75) is 13.5 Å². The first-order valence-electron chi connectivity index (χ1n) is 5.68. The van der Waals surface area contributed by atoms with Gasteiger partial charge in [0.1, 0.15) is 6.54 Å². The van der Waals surface area contributed by atoms with Crippen LogP contribution >= 0.6 is 0 Å². The largest absolute Gasteiger partial charge is 0.378 e. The van der Waals surface area contributed by atoms with Crippen LogP contribution in [0.15, 0.2) is 6.20 Å². The number of nitrogens with one attached hydrogen (secondary N) is 1. The van der Waals surface area contributed by atoms with E-state index in [0.29, 0.717) is 32.1 Å². The van der Waals surface area contributed by atoms with Crippen LogP contribution in [0.5, 0.6) is 0 Å². The van der Waals surface area contributed by atoms with Crippen molar-refractivity contribution in [2.75, 3.05) is 31.6 Å². The van der Waals surface area contributed by atoms with Crippen LogP contribution in [-0.2, 0) is 20.9 Å². The Balaban J connectivity index is 1.90. The second kappa shape index (κ2) is 5.58. The van der Waals surface area contributed by atoms with Crippen LogP contribution in [0.25, 0.3) is 0 Å². The fourth-order valence-corrected chi connectivity index (χ4v) is 1.66. The molecule has 0 aliphatic carbocycles. The lowest BCUT2D eigenvalue weighted by molar-refractivity contribution is -0.136. The van der Waals surface area contributed by atoms with Crippen LogP contribution in [0.3, 0.4) is 0 Å². The van der Waals surface area contributed by atoms with E-state index in [1.165, 1.54) is 17.8 Å². The van der Waals surface area contributed by atoms with Crippen molar-refractivity contribution in [2.24, 2.45) is 0 Å². The van der Waals surface area contributed by atoms with Crippen LogP contribution < -0.4 is 5.32 Å². The summed E-state index contributed by atoms with van der Waals surface area (Å²) in [5, 5.41) is 10.0. The third kappa shape index (κ3) is 3.27. The van der Waals surface area contributed by atoms with E-state index in [1.807, 2.05) is 0 Å². The van der Waals surface area contributed by atoms with Gasteiger partial charge in [-0.05, 0) is 0 Å². The average molecular weight is 253 g/mol. The topological polar surface area (TPSA) is 89.4 Å². The molecule has 0 saturated carbocycles. The number of carbonyl (C=O) groups is 2. The standard InChI is InChI=1S/C10H15N5O3/c1-8(16)11-9-6-15(13-12-9)7-10(17)14-2-4-18-5-3-14/h6H,2-5,7H2,1H3,(H,11,16). The van der Waals surface area contributed by atoms with Gasteiger partial charge in [0.15, 0.2) is 5.82 Å². The lowest BCUT2D eigenvalue weighted by Gasteiger charge is -2.26. The van der Waals surface area contributed by atoms with Crippen molar-refractivity contribution in [1.29, 1.82) is 0 Å². The second-order valence-corrected chi connectivity index (χ2v) is 3.98. The van der Waals surface area contributed by atoms with Gasteiger partial charge in [-0.25, -0.2) is 4.68 Å². The highest BCUT2D eigenvalue weighted by atomic mass is 16.5. The molecule has 0 atom stereocenters. The molecule has 0 unspecified atom stereocenters. The minimum Gasteiger partial charge on any atom is -0.378 e. The van der Waals surface area contributed by atoms with Crippen molar-refractivity contribution in [1.82, 2.24) is 19.9 Å². The Morgan fingerprint density at radius 2 is 2.17 bits per heavy atom. The van der Waals surface area contributed by atoms with Gasteiger partial charge in [0.05, 0.1) is 19.4 Å². The second-order valence-electron chi connectivity index (χ2n) is 3.98. The summed E-state index contributed by atoms with van der Waals surface area (Å²) in [6, 6.07) is 0. The molecule has 1 aliphatic rings. The SMILES string of the molecule is CC(=O)Nc1cn(CC(=O)N2CCOCC2)nn1. The summed E-state index contributed by atoms with van der Waals surface area (Å²) < 4.78 is 6.58. The number of hydrogen-bond donors (Lipinski definition) is 1. The zero-order chi connectivity index (χ0) is 13.0. The number of nitrogens with zero attached hydrogens (tertiary/aromatic N) is 4. The highest BCUT2D eigenvalue weighted by molar-refractivity contribution is 5.87. The summed E-state index contributed by atoms with van der Waals surface area (Å²) in [7, 11) is 0. The van der Waals surface area contributed by atoms with Gasteiger partial charge in [0.25, 0.3) is 0 Å². The van der Waals surface area contributed by atoms with Crippen molar-refractivity contribution in [3.05, 3.63) is 6.20 Å². The Kier molecular flexibility index (Phi) is 3.88. The predicted octanol–water partition coefficient (Wildman–Crippen LogP) is -0.905. The summed E-state index contributed by atoms with van der Waals surface area (Å²) in [6.07, 6.45) is 1.53. The fourth-order valence-electron chi connectivity index (χ4n) is 1.66. The van der Waals surface area contributed by atoms with E-state index in [1.54, 1.807) is 4.90 Å².